The number of aromatic nitrogens is 5. The van der Waals surface area contributed by atoms with Gasteiger partial charge in [0.05, 0.1) is 27.6 Å². The Morgan fingerprint density at radius 1 is 1.06 bits per heavy atom. The van der Waals surface area contributed by atoms with Gasteiger partial charge in [0, 0.05) is 11.3 Å². The Kier molecular flexibility index (Phi) is 5.40. The molecule has 0 unspecified atom stereocenters. The van der Waals surface area contributed by atoms with Crippen LogP contribution in [-0.4, -0.2) is 40.1 Å². The summed E-state index contributed by atoms with van der Waals surface area (Å²) in [6.07, 6.45) is 0. The van der Waals surface area contributed by atoms with Crippen LogP contribution in [0, 0.1) is 11.3 Å². The summed E-state index contributed by atoms with van der Waals surface area (Å²) in [4.78, 5) is 13.2. The van der Waals surface area contributed by atoms with Crippen LogP contribution in [0.1, 0.15) is 16.1 Å². The van der Waals surface area contributed by atoms with Crippen LogP contribution in [0.15, 0.2) is 76.1 Å². The van der Waals surface area contributed by atoms with Crippen LogP contribution < -0.4 is 10.0 Å². The van der Waals surface area contributed by atoms with Crippen LogP contribution in [-0.2, 0) is 10.0 Å². The number of amides is 1. The van der Waals surface area contributed by atoms with E-state index >= 15 is 0 Å². The molecule has 1 amide bonds. The third-order valence-electron chi connectivity index (χ3n) is 4.99. The van der Waals surface area contributed by atoms with Gasteiger partial charge in [0.15, 0.2) is 17.1 Å². The number of rotatable bonds is 6. The third kappa shape index (κ3) is 4.28. The zero-order valence-electron chi connectivity index (χ0n) is 17.6. The SMILES string of the molecule is N#Cc1ccc(NC(=O)c2noc3ccc(NS(=O)(=O)c4ccccc4)cc23)c(-c2nnn[nH]2)c1. The van der Waals surface area contributed by atoms with E-state index in [-0.39, 0.29) is 27.7 Å². The maximum Gasteiger partial charge on any atom is 0.278 e. The molecule has 5 aromatic rings. The fraction of sp³-hybridized carbons (Fsp3) is 0. The number of nitrogens with zero attached hydrogens (tertiary/aromatic N) is 5. The van der Waals surface area contributed by atoms with Gasteiger partial charge in [-0.2, -0.15) is 5.26 Å². The lowest BCUT2D eigenvalue weighted by atomic mass is 10.1. The highest BCUT2D eigenvalue weighted by atomic mass is 32.2. The highest BCUT2D eigenvalue weighted by Crippen LogP contribution is 2.28. The van der Waals surface area contributed by atoms with Gasteiger partial charge in [0.2, 0.25) is 0 Å². The van der Waals surface area contributed by atoms with Crippen molar-refractivity contribution in [3.05, 3.63) is 78.0 Å². The molecule has 13 heteroatoms. The Balaban J connectivity index is 1.46. The number of carbonyl (C=O) groups is 1. The number of fused-ring (bicyclic) bond motifs is 1. The average molecular weight is 486 g/mol. The quantitative estimate of drug-likeness (QED) is 0.325. The molecule has 5 rings (SSSR count). The number of tetrazole rings is 1. The van der Waals surface area contributed by atoms with Gasteiger partial charge in [-0.15, -0.1) is 5.10 Å². The molecule has 0 bridgehead atoms. The van der Waals surface area contributed by atoms with E-state index in [0.717, 1.165) is 0 Å². The van der Waals surface area contributed by atoms with Crippen molar-refractivity contribution in [2.75, 3.05) is 10.0 Å². The molecule has 0 fully saturated rings. The molecule has 0 aliphatic heterocycles. The minimum absolute atomic E-state index is 0.0632. The number of nitrogens with one attached hydrogen (secondary N) is 3. The molecule has 172 valence electrons. The summed E-state index contributed by atoms with van der Waals surface area (Å²) in [7, 11) is -3.83. The maximum atomic E-state index is 13.1. The highest BCUT2D eigenvalue weighted by molar-refractivity contribution is 7.92. The van der Waals surface area contributed by atoms with Crippen molar-refractivity contribution in [1.29, 1.82) is 5.26 Å². The number of nitriles is 1. The van der Waals surface area contributed by atoms with E-state index in [4.69, 9.17) is 4.52 Å². The second-order valence-electron chi connectivity index (χ2n) is 7.24. The van der Waals surface area contributed by atoms with E-state index in [1.165, 1.54) is 48.5 Å². The second-order valence-corrected chi connectivity index (χ2v) is 8.92. The average Bonchev–Trinajstić information content (AvgIpc) is 3.55. The van der Waals surface area contributed by atoms with Gasteiger partial charge < -0.3 is 9.84 Å². The Bertz CT molecular complexity index is 1690. The molecule has 0 spiro atoms. The molecule has 0 saturated carbocycles. The molecule has 0 radical (unpaired) electrons. The van der Waals surface area contributed by atoms with Gasteiger partial charge in [-0.25, -0.2) is 13.5 Å². The van der Waals surface area contributed by atoms with Crippen molar-refractivity contribution < 1.29 is 17.7 Å². The molecule has 2 heterocycles. The lowest BCUT2D eigenvalue weighted by Gasteiger charge is -2.09. The van der Waals surface area contributed by atoms with E-state index in [2.05, 4.69) is 35.8 Å². The van der Waals surface area contributed by atoms with E-state index in [1.54, 1.807) is 18.2 Å². The number of carbonyl (C=O) groups excluding carboxylic acids is 1. The van der Waals surface area contributed by atoms with Crippen molar-refractivity contribution in [3.63, 3.8) is 0 Å². The van der Waals surface area contributed by atoms with Crippen molar-refractivity contribution in [2.24, 2.45) is 0 Å². The fourth-order valence-corrected chi connectivity index (χ4v) is 4.42. The normalized spacial score (nSPS) is 11.2. The summed E-state index contributed by atoms with van der Waals surface area (Å²) >= 11 is 0. The van der Waals surface area contributed by atoms with Gasteiger partial charge in [-0.05, 0) is 59.0 Å². The summed E-state index contributed by atoms with van der Waals surface area (Å²) in [6.45, 7) is 0. The van der Waals surface area contributed by atoms with Crippen molar-refractivity contribution in [3.8, 4) is 17.5 Å². The Morgan fingerprint density at radius 2 is 1.89 bits per heavy atom. The van der Waals surface area contributed by atoms with E-state index in [0.29, 0.717) is 22.2 Å². The summed E-state index contributed by atoms with van der Waals surface area (Å²) in [6, 6.07) is 19.0. The first-order valence-electron chi connectivity index (χ1n) is 10.0. The molecular weight excluding hydrogens is 472 g/mol. The number of hydrogen-bond donors (Lipinski definition) is 3. The Hall–Kier alpha value is -5.09. The number of hydrogen-bond acceptors (Lipinski definition) is 9. The minimum Gasteiger partial charge on any atom is -0.355 e. The maximum absolute atomic E-state index is 13.1. The van der Waals surface area contributed by atoms with Gasteiger partial charge in [-0.3, -0.25) is 9.52 Å². The van der Waals surface area contributed by atoms with Crippen LogP contribution in [0.25, 0.3) is 22.4 Å². The summed E-state index contributed by atoms with van der Waals surface area (Å²) in [5, 5.41) is 29.6. The first-order chi connectivity index (χ1) is 16.9. The summed E-state index contributed by atoms with van der Waals surface area (Å²) in [5.41, 5.74) is 1.52. The molecule has 0 aliphatic carbocycles. The lowest BCUT2D eigenvalue weighted by molar-refractivity contribution is 0.102. The molecular formula is C22H14N8O4S. The van der Waals surface area contributed by atoms with Crippen LogP contribution in [0.4, 0.5) is 11.4 Å². The number of sulfonamides is 1. The van der Waals surface area contributed by atoms with Crippen LogP contribution in [0.3, 0.4) is 0 Å². The topological polar surface area (TPSA) is 180 Å². The fourth-order valence-electron chi connectivity index (χ4n) is 3.35. The number of aromatic amines is 1. The number of anilines is 2. The van der Waals surface area contributed by atoms with Gasteiger partial charge in [-0.1, -0.05) is 23.4 Å². The largest absolute Gasteiger partial charge is 0.355 e. The Morgan fingerprint density at radius 3 is 2.63 bits per heavy atom. The molecule has 35 heavy (non-hydrogen) atoms. The predicted molar refractivity (Wildman–Crippen MR) is 124 cm³/mol. The second kappa shape index (κ2) is 8.69. The number of benzene rings is 3. The standard InChI is InChI=1S/C22H14N8O4S/c23-12-13-6-8-18(16(10-13)21-25-29-30-26-21)24-22(31)20-17-11-14(7-9-19(17)34-27-20)28-35(32,33)15-4-2-1-3-5-15/h1-11,28H,(H,24,31)(H,25,26,29,30). The monoisotopic (exact) mass is 486 g/mol. The van der Waals surface area contributed by atoms with E-state index < -0.39 is 15.9 Å². The van der Waals surface area contributed by atoms with Crippen molar-refractivity contribution in [1.82, 2.24) is 25.8 Å². The molecule has 0 aliphatic rings. The van der Waals surface area contributed by atoms with Crippen LogP contribution >= 0.6 is 0 Å². The zero-order valence-corrected chi connectivity index (χ0v) is 18.4. The van der Waals surface area contributed by atoms with Crippen LogP contribution in [0.5, 0.6) is 0 Å². The zero-order chi connectivity index (χ0) is 24.4. The lowest BCUT2D eigenvalue weighted by Crippen LogP contribution is -2.14. The Labute approximate surface area is 197 Å². The minimum atomic E-state index is -3.83. The molecule has 2 aromatic heterocycles. The van der Waals surface area contributed by atoms with Crippen LogP contribution in [0.2, 0.25) is 0 Å². The first-order valence-corrected chi connectivity index (χ1v) is 11.5. The predicted octanol–water partition coefficient (Wildman–Crippen LogP) is 2.93. The van der Waals surface area contributed by atoms with Gasteiger partial charge in [0.25, 0.3) is 15.9 Å². The highest BCUT2D eigenvalue weighted by Gasteiger charge is 2.21. The smallest absolute Gasteiger partial charge is 0.278 e. The number of H-pyrrole nitrogens is 1. The first kappa shape index (κ1) is 21.7. The molecule has 0 saturated heterocycles. The molecule has 12 nitrogen and oxygen atoms in total. The van der Waals surface area contributed by atoms with E-state index in [9.17, 15) is 18.5 Å². The molecule has 3 N–H and O–H groups in total. The molecule has 3 aromatic carbocycles. The van der Waals surface area contributed by atoms with Crippen molar-refractivity contribution in [2.45, 2.75) is 4.90 Å². The summed E-state index contributed by atoms with van der Waals surface area (Å²) in [5.74, 6) is -0.370. The van der Waals surface area contributed by atoms with Gasteiger partial charge >= 0.3 is 0 Å². The third-order valence-corrected chi connectivity index (χ3v) is 6.39. The summed E-state index contributed by atoms with van der Waals surface area (Å²) < 4.78 is 33.1. The van der Waals surface area contributed by atoms with Gasteiger partial charge in [0.1, 0.15) is 0 Å². The van der Waals surface area contributed by atoms with E-state index in [1.807, 2.05) is 6.07 Å². The molecule has 0 atom stereocenters. The van der Waals surface area contributed by atoms with Crippen molar-refractivity contribution >= 4 is 38.3 Å².